The predicted octanol–water partition coefficient (Wildman–Crippen LogP) is 1.45. The third kappa shape index (κ3) is 2.79. The summed E-state index contributed by atoms with van der Waals surface area (Å²) < 4.78 is 35.6. The average molecular weight is 336 g/mol. The van der Waals surface area contributed by atoms with Gasteiger partial charge >= 0.3 is 0 Å². The fourth-order valence-electron chi connectivity index (χ4n) is 1.22. The van der Waals surface area contributed by atoms with Crippen LogP contribution in [-0.4, -0.2) is 25.6 Å². The Kier molecular flexibility index (Phi) is 3.55. The van der Waals surface area contributed by atoms with Gasteiger partial charge in [-0.2, -0.15) is 4.98 Å². The first-order valence-corrected chi connectivity index (χ1v) is 7.36. The Morgan fingerprint density at radius 1 is 1.50 bits per heavy atom. The van der Waals surface area contributed by atoms with Crippen LogP contribution in [0.5, 0.6) is 0 Å². The van der Waals surface area contributed by atoms with Crippen molar-refractivity contribution in [1.82, 2.24) is 14.9 Å². The molecule has 0 bridgehead atoms. The first-order chi connectivity index (χ1) is 8.41. The largest absolute Gasteiger partial charge is 0.444 e. The number of sulfonamides is 1. The van der Waals surface area contributed by atoms with Crippen molar-refractivity contribution in [2.75, 3.05) is 7.05 Å². The first-order valence-electron chi connectivity index (χ1n) is 4.91. The van der Waals surface area contributed by atoms with Gasteiger partial charge in [-0.25, -0.2) is 13.1 Å². The molecule has 0 radical (unpaired) electrons. The lowest BCUT2D eigenvalue weighted by atomic mass is 10.3. The van der Waals surface area contributed by atoms with Gasteiger partial charge in [0.2, 0.25) is 10.0 Å². The highest BCUT2D eigenvalue weighted by molar-refractivity contribution is 9.10. The van der Waals surface area contributed by atoms with Gasteiger partial charge in [-0.1, -0.05) is 5.16 Å². The zero-order valence-corrected chi connectivity index (χ0v) is 12.0. The molecule has 0 atom stereocenters. The molecule has 9 heteroatoms. The SMILES string of the molecule is CNS(=O)(=O)Cc1noc(-c2cc(C)c(Br)o2)n1. The van der Waals surface area contributed by atoms with E-state index in [1.165, 1.54) is 7.05 Å². The zero-order valence-electron chi connectivity index (χ0n) is 9.60. The van der Waals surface area contributed by atoms with Crippen molar-refractivity contribution in [3.05, 3.63) is 22.1 Å². The van der Waals surface area contributed by atoms with Crippen LogP contribution < -0.4 is 4.72 Å². The minimum Gasteiger partial charge on any atom is -0.444 e. The molecule has 0 saturated heterocycles. The molecule has 0 aliphatic heterocycles. The van der Waals surface area contributed by atoms with E-state index >= 15 is 0 Å². The quantitative estimate of drug-likeness (QED) is 0.907. The maximum atomic E-state index is 11.3. The summed E-state index contributed by atoms with van der Waals surface area (Å²) in [5.41, 5.74) is 0.882. The number of hydrogen-bond acceptors (Lipinski definition) is 6. The van der Waals surface area contributed by atoms with E-state index in [9.17, 15) is 8.42 Å². The van der Waals surface area contributed by atoms with Crippen molar-refractivity contribution in [2.24, 2.45) is 0 Å². The normalized spacial score (nSPS) is 11.9. The maximum absolute atomic E-state index is 11.3. The Morgan fingerprint density at radius 2 is 2.22 bits per heavy atom. The van der Waals surface area contributed by atoms with E-state index in [2.05, 4.69) is 30.8 Å². The lowest BCUT2D eigenvalue weighted by Crippen LogP contribution is -2.20. The number of aryl methyl sites for hydroxylation is 1. The van der Waals surface area contributed by atoms with Crippen LogP contribution in [0.25, 0.3) is 11.7 Å². The highest BCUT2D eigenvalue weighted by Crippen LogP contribution is 2.27. The van der Waals surface area contributed by atoms with Gasteiger partial charge in [-0.3, -0.25) is 0 Å². The zero-order chi connectivity index (χ0) is 13.3. The standard InChI is InChI=1S/C9H10BrN3O4S/c1-5-3-6(16-8(5)10)9-12-7(13-17-9)4-18(14,15)11-2/h3,11H,4H2,1-2H3. The second kappa shape index (κ2) is 4.82. The molecular formula is C9H10BrN3O4S. The topological polar surface area (TPSA) is 98.2 Å². The molecule has 2 aromatic rings. The van der Waals surface area contributed by atoms with Gasteiger partial charge in [0, 0.05) is 5.56 Å². The third-order valence-electron chi connectivity index (χ3n) is 2.17. The van der Waals surface area contributed by atoms with Gasteiger partial charge in [-0.15, -0.1) is 0 Å². The number of halogens is 1. The van der Waals surface area contributed by atoms with Crippen LogP contribution in [0, 0.1) is 6.92 Å². The van der Waals surface area contributed by atoms with Gasteiger partial charge < -0.3 is 8.94 Å². The molecule has 0 amide bonds. The number of rotatable bonds is 4. The Bertz CT molecular complexity index is 642. The number of nitrogens with one attached hydrogen (secondary N) is 1. The van der Waals surface area contributed by atoms with Crippen molar-refractivity contribution in [2.45, 2.75) is 12.7 Å². The minimum absolute atomic E-state index is 0.0736. The van der Waals surface area contributed by atoms with Crippen molar-refractivity contribution in [3.8, 4) is 11.7 Å². The molecule has 1 N–H and O–H groups in total. The average Bonchev–Trinajstić information content (AvgIpc) is 2.87. The van der Waals surface area contributed by atoms with E-state index in [1.54, 1.807) is 6.07 Å². The first kappa shape index (κ1) is 13.2. The minimum atomic E-state index is -3.42. The Hall–Kier alpha value is -1.19. The van der Waals surface area contributed by atoms with Crippen LogP contribution in [-0.2, 0) is 15.8 Å². The van der Waals surface area contributed by atoms with E-state index in [0.29, 0.717) is 10.4 Å². The second-order valence-electron chi connectivity index (χ2n) is 3.55. The molecule has 0 aromatic carbocycles. The van der Waals surface area contributed by atoms with E-state index < -0.39 is 10.0 Å². The molecule has 18 heavy (non-hydrogen) atoms. The predicted molar refractivity (Wildman–Crippen MR) is 66.1 cm³/mol. The van der Waals surface area contributed by atoms with E-state index in [1.807, 2.05) is 6.92 Å². The van der Waals surface area contributed by atoms with Crippen molar-refractivity contribution in [3.63, 3.8) is 0 Å². The van der Waals surface area contributed by atoms with Gasteiger partial charge in [0.1, 0.15) is 5.75 Å². The Morgan fingerprint density at radius 3 is 2.78 bits per heavy atom. The summed E-state index contributed by atoms with van der Waals surface area (Å²) in [6.45, 7) is 1.85. The molecule has 2 rings (SSSR count). The Balaban J connectivity index is 2.26. The van der Waals surface area contributed by atoms with Gasteiger partial charge in [0.15, 0.2) is 16.3 Å². The maximum Gasteiger partial charge on any atom is 0.293 e. The van der Waals surface area contributed by atoms with Crippen LogP contribution in [0.1, 0.15) is 11.4 Å². The van der Waals surface area contributed by atoms with E-state index in [0.717, 1.165) is 5.56 Å². The molecule has 0 aliphatic rings. The molecular weight excluding hydrogens is 326 g/mol. The highest BCUT2D eigenvalue weighted by atomic mass is 79.9. The van der Waals surface area contributed by atoms with Gasteiger partial charge in [-0.05, 0) is 36.0 Å². The van der Waals surface area contributed by atoms with Crippen molar-refractivity contribution in [1.29, 1.82) is 0 Å². The number of hydrogen-bond donors (Lipinski definition) is 1. The molecule has 98 valence electrons. The number of nitrogens with zero attached hydrogens (tertiary/aromatic N) is 2. The summed E-state index contributed by atoms with van der Waals surface area (Å²) in [7, 11) is -2.10. The van der Waals surface area contributed by atoms with Crippen molar-refractivity contribution < 1.29 is 17.4 Å². The summed E-state index contributed by atoms with van der Waals surface area (Å²) in [4.78, 5) is 3.96. The molecule has 0 unspecified atom stereocenters. The number of aromatic nitrogens is 2. The van der Waals surface area contributed by atoms with Gasteiger partial charge in [0.05, 0.1) is 0 Å². The fourth-order valence-corrected chi connectivity index (χ4v) is 2.11. The fraction of sp³-hybridized carbons (Fsp3) is 0.333. The smallest absolute Gasteiger partial charge is 0.293 e. The lowest BCUT2D eigenvalue weighted by Gasteiger charge is -1.95. The molecule has 0 saturated carbocycles. The summed E-state index contributed by atoms with van der Waals surface area (Å²) in [6, 6.07) is 1.72. The lowest BCUT2D eigenvalue weighted by molar-refractivity contribution is 0.408. The van der Waals surface area contributed by atoms with Crippen molar-refractivity contribution >= 4 is 26.0 Å². The van der Waals surface area contributed by atoms with Crippen LogP contribution in [0.3, 0.4) is 0 Å². The van der Waals surface area contributed by atoms with Crippen LogP contribution in [0.2, 0.25) is 0 Å². The van der Waals surface area contributed by atoms with E-state index in [-0.39, 0.29) is 17.5 Å². The molecule has 0 aliphatic carbocycles. The molecule has 2 aromatic heterocycles. The van der Waals surface area contributed by atoms with Crippen LogP contribution in [0.4, 0.5) is 0 Å². The molecule has 0 spiro atoms. The monoisotopic (exact) mass is 335 g/mol. The van der Waals surface area contributed by atoms with Crippen LogP contribution >= 0.6 is 15.9 Å². The molecule has 7 nitrogen and oxygen atoms in total. The van der Waals surface area contributed by atoms with Crippen LogP contribution in [0.15, 0.2) is 19.7 Å². The van der Waals surface area contributed by atoms with E-state index in [4.69, 9.17) is 8.94 Å². The highest BCUT2D eigenvalue weighted by Gasteiger charge is 2.18. The molecule has 0 fully saturated rings. The number of furan rings is 1. The van der Waals surface area contributed by atoms with Gasteiger partial charge in [0.25, 0.3) is 5.89 Å². The summed E-state index contributed by atoms with van der Waals surface area (Å²) in [5, 5.41) is 3.58. The summed E-state index contributed by atoms with van der Waals surface area (Å²) >= 11 is 3.22. The summed E-state index contributed by atoms with van der Waals surface area (Å²) in [6.07, 6.45) is 0. The Labute approximate surface area is 112 Å². The summed E-state index contributed by atoms with van der Waals surface area (Å²) in [5.74, 6) is 0.267. The third-order valence-corrected chi connectivity index (χ3v) is 4.21. The molecule has 2 heterocycles. The second-order valence-corrected chi connectivity index (χ2v) is 6.19.